The molecule has 4 nitrogen and oxygen atoms in total. The van der Waals surface area contributed by atoms with Gasteiger partial charge in [0.15, 0.2) is 0 Å². The number of methoxy groups -OCH3 is 1. The SMILES string of the molecule is COc1cccc(Cc2nc3c(C)cccn3c2C(C)N)c1. The number of aryl methyl sites for hydroxylation is 1. The van der Waals surface area contributed by atoms with Crippen LogP contribution >= 0.6 is 0 Å². The first-order chi connectivity index (χ1) is 10.6. The van der Waals surface area contributed by atoms with E-state index in [2.05, 4.69) is 23.5 Å². The molecule has 114 valence electrons. The molecule has 0 saturated carbocycles. The van der Waals surface area contributed by atoms with Crippen molar-refractivity contribution < 1.29 is 4.74 Å². The van der Waals surface area contributed by atoms with Crippen LogP contribution in [0.5, 0.6) is 5.75 Å². The van der Waals surface area contributed by atoms with Crippen LogP contribution in [0.15, 0.2) is 42.6 Å². The molecular weight excluding hydrogens is 274 g/mol. The molecule has 1 unspecified atom stereocenters. The molecule has 3 aromatic rings. The van der Waals surface area contributed by atoms with Gasteiger partial charge in [0.1, 0.15) is 11.4 Å². The average Bonchev–Trinajstić information content (AvgIpc) is 2.87. The highest BCUT2D eigenvalue weighted by Crippen LogP contribution is 2.24. The fourth-order valence-electron chi connectivity index (χ4n) is 2.86. The number of nitrogens with two attached hydrogens (primary N) is 1. The van der Waals surface area contributed by atoms with Crippen molar-refractivity contribution in [3.8, 4) is 5.75 Å². The smallest absolute Gasteiger partial charge is 0.140 e. The standard InChI is InChI=1S/C18H21N3O/c1-12-6-5-9-21-17(13(2)19)16(20-18(12)21)11-14-7-4-8-15(10-14)22-3/h4-10,13H,11,19H2,1-3H3. The van der Waals surface area contributed by atoms with Crippen LogP contribution in [0.4, 0.5) is 0 Å². The maximum atomic E-state index is 6.20. The first kappa shape index (κ1) is 14.6. The highest BCUT2D eigenvalue weighted by atomic mass is 16.5. The van der Waals surface area contributed by atoms with E-state index in [1.807, 2.05) is 37.4 Å². The largest absolute Gasteiger partial charge is 0.497 e. The first-order valence-electron chi connectivity index (χ1n) is 7.45. The normalized spacial score (nSPS) is 12.5. The lowest BCUT2D eigenvalue weighted by atomic mass is 10.1. The van der Waals surface area contributed by atoms with Crippen molar-refractivity contribution in [1.29, 1.82) is 0 Å². The van der Waals surface area contributed by atoms with E-state index in [9.17, 15) is 0 Å². The van der Waals surface area contributed by atoms with E-state index in [1.165, 1.54) is 5.56 Å². The lowest BCUT2D eigenvalue weighted by molar-refractivity contribution is 0.414. The molecule has 0 bridgehead atoms. The number of pyridine rings is 1. The second kappa shape index (κ2) is 5.81. The zero-order valence-corrected chi connectivity index (χ0v) is 13.2. The van der Waals surface area contributed by atoms with Crippen LogP contribution in [0.2, 0.25) is 0 Å². The summed E-state index contributed by atoms with van der Waals surface area (Å²) in [5.74, 6) is 0.861. The summed E-state index contributed by atoms with van der Waals surface area (Å²) in [6.45, 7) is 4.07. The monoisotopic (exact) mass is 295 g/mol. The first-order valence-corrected chi connectivity index (χ1v) is 7.45. The Balaban J connectivity index is 2.09. The van der Waals surface area contributed by atoms with Crippen LogP contribution in [0.1, 0.15) is 35.5 Å². The Bertz CT molecular complexity index is 805. The number of hydrogen-bond acceptors (Lipinski definition) is 3. The molecular formula is C18H21N3O. The molecule has 4 heteroatoms. The summed E-state index contributed by atoms with van der Waals surface area (Å²) in [5, 5.41) is 0. The van der Waals surface area contributed by atoms with E-state index in [1.54, 1.807) is 7.11 Å². The highest BCUT2D eigenvalue weighted by Gasteiger charge is 2.16. The number of fused-ring (bicyclic) bond motifs is 1. The van der Waals surface area contributed by atoms with Gasteiger partial charge in [-0.05, 0) is 43.2 Å². The van der Waals surface area contributed by atoms with Gasteiger partial charge < -0.3 is 14.9 Å². The molecule has 0 aliphatic carbocycles. The van der Waals surface area contributed by atoms with Crippen LogP contribution in [0.3, 0.4) is 0 Å². The molecule has 0 fully saturated rings. The predicted molar refractivity (Wildman–Crippen MR) is 88.3 cm³/mol. The Morgan fingerprint density at radius 1 is 1.27 bits per heavy atom. The van der Waals surface area contributed by atoms with Crippen LogP contribution in [0.25, 0.3) is 5.65 Å². The summed E-state index contributed by atoms with van der Waals surface area (Å²) in [7, 11) is 1.68. The molecule has 2 aromatic heterocycles. The lowest BCUT2D eigenvalue weighted by Gasteiger charge is -2.09. The van der Waals surface area contributed by atoms with Gasteiger partial charge in [0.25, 0.3) is 0 Å². The minimum Gasteiger partial charge on any atom is -0.497 e. The third-order valence-electron chi connectivity index (χ3n) is 3.90. The van der Waals surface area contributed by atoms with Crippen molar-refractivity contribution in [3.63, 3.8) is 0 Å². The third kappa shape index (κ3) is 2.57. The van der Waals surface area contributed by atoms with Gasteiger partial charge in [-0.2, -0.15) is 0 Å². The summed E-state index contributed by atoms with van der Waals surface area (Å²) in [5.41, 5.74) is 11.6. The quantitative estimate of drug-likeness (QED) is 0.803. The second-order valence-corrected chi connectivity index (χ2v) is 5.65. The summed E-state index contributed by atoms with van der Waals surface area (Å²) < 4.78 is 7.40. The number of imidazole rings is 1. The van der Waals surface area contributed by atoms with E-state index in [0.29, 0.717) is 0 Å². The summed E-state index contributed by atoms with van der Waals surface area (Å²) in [6.07, 6.45) is 2.78. The molecule has 1 atom stereocenters. The topological polar surface area (TPSA) is 52.5 Å². The number of ether oxygens (including phenoxy) is 1. The molecule has 2 heterocycles. The number of rotatable bonds is 4. The fourth-order valence-corrected chi connectivity index (χ4v) is 2.86. The number of nitrogens with zero attached hydrogens (tertiary/aromatic N) is 2. The van der Waals surface area contributed by atoms with Crippen molar-refractivity contribution in [2.75, 3.05) is 7.11 Å². The number of benzene rings is 1. The number of aromatic nitrogens is 2. The molecule has 22 heavy (non-hydrogen) atoms. The Morgan fingerprint density at radius 3 is 2.82 bits per heavy atom. The van der Waals surface area contributed by atoms with Gasteiger partial charge >= 0.3 is 0 Å². The summed E-state index contributed by atoms with van der Waals surface area (Å²) in [6, 6.07) is 12.1. The van der Waals surface area contributed by atoms with Gasteiger partial charge in [-0.3, -0.25) is 0 Å². The molecule has 3 rings (SSSR count). The lowest BCUT2D eigenvalue weighted by Crippen LogP contribution is -2.11. The van der Waals surface area contributed by atoms with Crippen LogP contribution in [-0.2, 0) is 6.42 Å². The molecule has 0 aliphatic heterocycles. The van der Waals surface area contributed by atoms with Gasteiger partial charge in [0, 0.05) is 18.7 Å². The fraction of sp³-hybridized carbons (Fsp3) is 0.278. The van der Waals surface area contributed by atoms with Crippen molar-refractivity contribution in [1.82, 2.24) is 9.38 Å². The Morgan fingerprint density at radius 2 is 2.09 bits per heavy atom. The molecule has 2 N–H and O–H groups in total. The molecule has 0 radical (unpaired) electrons. The highest BCUT2D eigenvalue weighted by molar-refractivity contribution is 5.51. The number of hydrogen-bond donors (Lipinski definition) is 1. The summed E-state index contributed by atoms with van der Waals surface area (Å²) >= 11 is 0. The van der Waals surface area contributed by atoms with Crippen molar-refractivity contribution in [3.05, 3.63) is 65.1 Å². The maximum Gasteiger partial charge on any atom is 0.140 e. The summed E-state index contributed by atoms with van der Waals surface area (Å²) in [4.78, 5) is 4.83. The van der Waals surface area contributed by atoms with Gasteiger partial charge in [0.05, 0.1) is 18.5 Å². The molecule has 0 amide bonds. The minimum absolute atomic E-state index is 0.0718. The van der Waals surface area contributed by atoms with E-state index in [-0.39, 0.29) is 6.04 Å². The maximum absolute atomic E-state index is 6.20. The third-order valence-corrected chi connectivity index (χ3v) is 3.90. The molecule has 0 spiro atoms. The minimum atomic E-state index is -0.0718. The van der Waals surface area contributed by atoms with Crippen LogP contribution in [-0.4, -0.2) is 16.5 Å². The van der Waals surface area contributed by atoms with Crippen molar-refractivity contribution >= 4 is 5.65 Å². The van der Waals surface area contributed by atoms with E-state index < -0.39 is 0 Å². The van der Waals surface area contributed by atoms with Crippen LogP contribution in [0, 0.1) is 6.92 Å². The van der Waals surface area contributed by atoms with Crippen molar-refractivity contribution in [2.45, 2.75) is 26.3 Å². The van der Waals surface area contributed by atoms with Gasteiger partial charge in [-0.1, -0.05) is 18.2 Å². The Labute approximate surface area is 130 Å². The van der Waals surface area contributed by atoms with E-state index >= 15 is 0 Å². The van der Waals surface area contributed by atoms with Crippen LogP contribution < -0.4 is 10.5 Å². The second-order valence-electron chi connectivity index (χ2n) is 5.65. The van der Waals surface area contributed by atoms with E-state index in [0.717, 1.165) is 34.8 Å². The average molecular weight is 295 g/mol. The zero-order valence-electron chi connectivity index (χ0n) is 13.2. The van der Waals surface area contributed by atoms with Gasteiger partial charge in [0.2, 0.25) is 0 Å². The molecule has 1 aromatic carbocycles. The van der Waals surface area contributed by atoms with Gasteiger partial charge in [-0.25, -0.2) is 4.98 Å². The predicted octanol–water partition coefficient (Wildman–Crippen LogP) is 3.26. The Hall–Kier alpha value is -2.33. The molecule has 0 aliphatic rings. The zero-order chi connectivity index (χ0) is 15.7. The van der Waals surface area contributed by atoms with Gasteiger partial charge in [-0.15, -0.1) is 0 Å². The van der Waals surface area contributed by atoms with E-state index in [4.69, 9.17) is 15.5 Å². The van der Waals surface area contributed by atoms with Crippen molar-refractivity contribution in [2.24, 2.45) is 5.73 Å². The molecule has 0 saturated heterocycles. The Kier molecular flexibility index (Phi) is 3.86.